The van der Waals surface area contributed by atoms with E-state index >= 15 is 0 Å². The summed E-state index contributed by atoms with van der Waals surface area (Å²) in [6.45, 7) is 1.82. The Kier molecular flexibility index (Phi) is 3.85. The Bertz CT molecular complexity index is 916. The molecule has 0 spiro atoms. The van der Waals surface area contributed by atoms with Gasteiger partial charge in [0.25, 0.3) is 0 Å². The van der Waals surface area contributed by atoms with Crippen molar-refractivity contribution in [3.05, 3.63) is 70.8 Å². The molecule has 3 rings (SSSR count). The van der Waals surface area contributed by atoms with Crippen LogP contribution in [0.2, 0.25) is 0 Å². The van der Waals surface area contributed by atoms with Gasteiger partial charge in [0.15, 0.2) is 5.75 Å². The van der Waals surface area contributed by atoms with Crippen molar-refractivity contribution in [1.82, 2.24) is 9.55 Å². The number of ether oxygens (including phenoxy) is 1. The highest BCUT2D eigenvalue weighted by molar-refractivity contribution is 5.70. The molecule has 0 aliphatic heterocycles. The van der Waals surface area contributed by atoms with Crippen LogP contribution in [0.4, 0.5) is 0 Å². The maximum Gasteiger partial charge on any atom is 0.223 e. The summed E-state index contributed by atoms with van der Waals surface area (Å²) in [5.74, 6) is 0.268. The number of hydrogen-bond donors (Lipinski definition) is 1. The van der Waals surface area contributed by atoms with Gasteiger partial charge in [-0.2, -0.15) is 0 Å². The lowest BCUT2D eigenvalue weighted by molar-refractivity contribution is 0.399. The molecule has 0 atom stereocenters. The molecule has 0 unspecified atom stereocenters. The second kappa shape index (κ2) is 5.96. The Hall–Kier alpha value is -3.08. The standard InChI is InChI=1S/C18H16N2O3/c1-12-9-16(21)17(22)11-20(12)14-6-3-5-13(10-14)15-7-4-8-19-18(15)23-2/h3-11,22H,1-2H3. The van der Waals surface area contributed by atoms with Crippen LogP contribution >= 0.6 is 0 Å². The van der Waals surface area contributed by atoms with E-state index in [9.17, 15) is 9.90 Å². The summed E-state index contributed by atoms with van der Waals surface area (Å²) < 4.78 is 7.07. The van der Waals surface area contributed by atoms with Crippen molar-refractivity contribution in [2.24, 2.45) is 0 Å². The average molecular weight is 308 g/mol. The van der Waals surface area contributed by atoms with Crippen LogP contribution in [-0.4, -0.2) is 21.8 Å². The monoisotopic (exact) mass is 308 g/mol. The summed E-state index contributed by atoms with van der Waals surface area (Å²) in [5, 5.41) is 9.69. The summed E-state index contributed by atoms with van der Waals surface area (Å²) in [6.07, 6.45) is 3.10. The largest absolute Gasteiger partial charge is 0.503 e. The fraction of sp³-hybridized carbons (Fsp3) is 0.111. The fourth-order valence-electron chi connectivity index (χ4n) is 2.50. The number of aryl methyl sites for hydroxylation is 1. The highest BCUT2D eigenvalue weighted by Gasteiger charge is 2.09. The lowest BCUT2D eigenvalue weighted by atomic mass is 10.1. The highest BCUT2D eigenvalue weighted by Crippen LogP contribution is 2.29. The number of hydrogen-bond acceptors (Lipinski definition) is 4. The van der Waals surface area contributed by atoms with Crippen LogP contribution in [0, 0.1) is 6.92 Å². The molecule has 0 amide bonds. The van der Waals surface area contributed by atoms with Gasteiger partial charge in [0.2, 0.25) is 11.3 Å². The van der Waals surface area contributed by atoms with Crippen LogP contribution in [0.5, 0.6) is 11.6 Å². The first-order valence-corrected chi connectivity index (χ1v) is 7.12. The minimum Gasteiger partial charge on any atom is -0.503 e. The zero-order valence-corrected chi connectivity index (χ0v) is 12.9. The maximum absolute atomic E-state index is 11.5. The second-order valence-electron chi connectivity index (χ2n) is 5.14. The molecule has 116 valence electrons. The molecule has 0 fully saturated rings. The average Bonchev–Trinajstić information content (AvgIpc) is 2.58. The number of aromatic hydroxyl groups is 1. The van der Waals surface area contributed by atoms with Crippen molar-refractivity contribution in [3.63, 3.8) is 0 Å². The van der Waals surface area contributed by atoms with Gasteiger partial charge < -0.3 is 14.4 Å². The summed E-state index contributed by atoms with van der Waals surface area (Å²) in [5.41, 5.74) is 3.00. The molecule has 0 radical (unpaired) electrons. The zero-order valence-electron chi connectivity index (χ0n) is 12.9. The van der Waals surface area contributed by atoms with Gasteiger partial charge in [0.1, 0.15) is 0 Å². The van der Waals surface area contributed by atoms with Gasteiger partial charge in [-0.05, 0) is 36.8 Å². The van der Waals surface area contributed by atoms with Gasteiger partial charge in [0, 0.05) is 29.2 Å². The van der Waals surface area contributed by atoms with Gasteiger partial charge in [-0.3, -0.25) is 4.79 Å². The molecule has 0 aliphatic carbocycles. The van der Waals surface area contributed by atoms with Crippen molar-refractivity contribution >= 4 is 0 Å². The molecule has 0 saturated heterocycles. The summed E-state index contributed by atoms with van der Waals surface area (Å²) in [4.78, 5) is 15.7. The van der Waals surface area contributed by atoms with Crippen LogP contribution < -0.4 is 10.2 Å². The van der Waals surface area contributed by atoms with E-state index in [1.165, 1.54) is 12.3 Å². The molecule has 3 aromatic rings. The molecule has 0 aliphatic rings. The predicted octanol–water partition coefficient (Wildman–Crippen LogP) is 2.92. The van der Waals surface area contributed by atoms with E-state index in [-0.39, 0.29) is 11.2 Å². The molecular weight excluding hydrogens is 292 g/mol. The second-order valence-corrected chi connectivity index (χ2v) is 5.14. The summed E-state index contributed by atoms with van der Waals surface area (Å²) >= 11 is 0. The quantitative estimate of drug-likeness (QED) is 0.808. The number of benzene rings is 1. The topological polar surface area (TPSA) is 64.3 Å². The van der Waals surface area contributed by atoms with Crippen LogP contribution in [-0.2, 0) is 0 Å². The van der Waals surface area contributed by atoms with E-state index in [1.807, 2.05) is 43.3 Å². The lowest BCUT2D eigenvalue weighted by Gasteiger charge is -2.13. The molecular formula is C18H16N2O3. The number of methoxy groups -OCH3 is 1. The minimum atomic E-state index is -0.385. The Labute approximate surface area is 133 Å². The number of pyridine rings is 2. The van der Waals surface area contributed by atoms with Gasteiger partial charge >= 0.3 is 0 Å². The van der Waals surface area contributed by atoms with E-state index < -0.39 is 0 Å². The number of aromatic nitrogens is 2. The molecule has 1 aromatic carbocycles. The third-order valence-electron chi connectivity index (χ3n) is 3.62. The first-order chi connectivity index (χ1) is 11.1. The predicted molar refractivity (Wildman–Crippen MR) is 88.2 cm³/mol. The Morgan fingerprint density at radius 3 is 2.78 bits per heavy atom. The van der Waals surface area contributed by atoms with Gasteiger partial charge in [-0.15, -0.1) is 0 Å². The van der Waals surface area contributed by atoms with Gasteiger partial charge in [-0.1, -0.05) is 12.1 Å². The van der Waals surface area contributed by atoms with Crippen LogP contribution in [0.3, 0.4) is 0 Å². The van der Waals surface area contributed by atoms with Gasteiger partial charge in [-0.25, -0.2) is 4.98 Å². The third-order valence-corrected chi connectivity index (χ3v) is 3.62. The Balaban J connectivity index is 2.14. The molecule has 23 heavy (non-hydrogen) atoms. The Morgan fingerprint density at radius 2 is 2.00 bits per heavy atom. The zero-order chi connectivity index (χ0) is 16.4. The normalized spacial score (nSPS) is 10.5. The first-order valence-electron chi connectivity index (χ1n) is 7.12. The summed E-state index contributed by atoms with van der Waals surface area (Å²) in [7, 11) is 1.58. The van der Waals surface area contributed by atoms with Crippen LogP contribution in [0.1, 0.15) is 5.69 Å². The number of nitrogens with zero attached hydrogens (tertiary/aromatic N) is 2. The molecule has 2 aromatic heterocycles. The molecule has 0 bridgehead atoms. The maximum atomic E-state index is 11.5. The SMILES string of the molecule is COc1ncccc1-c1cccc(-n2cc(O)c(=O)cc2C)c1. The van der Waals surface area contributed by atoms with E-state index in [2.05, 4.69) is 4.98 Å². The van der Waals surface area contributed by atoms with Crippen molar-refractivity contribution in [2.45, 2.75) is 6.92 Å². The van der Waals surface area contributed by atoms with E-state index in [0.29, 0.717) is 5.88 Å². The van der Waals surface area contributed by atoms with E-state index in [4.69, 9.17) is 4.74 Å². The van der Waals surface area contributed by atoms with Crippen molar-refractivity contribution < 1.29 is 9.84 Å². The summed E-state index contributed by atoms with van der Waals surface area (Å²) in [6, 6.07) is 12.9. The van der Waals surface area contributed by atoms with Crippen molar-refractivity contribution in [1.29, 1.82) is 0 Å². The number of rotatable bonds is 3. The fourth-order valence-corrected chi connectivity index (χ4v) is 2.50. The first kappa shape index (κ1) is 14.8. The molecule has 2 heterocycles. The Morgan fingerprint density at radius 1 is 1.17 bits per heavy atom. The molecule has 1 N–H and O–H groups in total. The van der Waals surface area contributed by atoms with Crippen LogP contribution in [0.25, 0.3) is 16.8 Å². The van der Waals surface area contributed by atoms with Crippen molar-refractivity contribution in [2.75, 3.05) is 7.11 Å². The lowest BCUT2D eigenvalue weighted by Crippen LogP contribution is -2.08. The van der Waals surface area contributed by atoms with Crippen molar-refractivity contribution in [3.8, 4) is 28.4 Å². The smallest absolute Gasteiger partial charge is 0.223 e. The van der Waals surface area contributed by atoms with E-state index in [1.54, 1.807) is 17.9 Å². The van der Waals surface area contributed by atoms with Gasteiger partial charge in [0.05, 0.1) is 13.3 Å². The van der Waals surface area contributed by atoms with Crippen LogP contribution in [0.15, 0.2) is 59.7 Å². The molecule has 5 nitrogen and oxygen atoms in total. The highest BCUT2D eigenvalue weighted by atomic mass is 16.5. The van der Waals surface area contributed by atoms with E-state index in [0.717, 1.165) is 22.5 Å². The third kappa shape index (κ3) is 2.81. The molecule has 5 heteroatoms. The minimum absolute atomic E-state index is 0.278. The molecule has 0 saturated carbocycles.